The Balaban J connectivity index is 2.09. The van der Waals surface area contributed by atoms with Gasteiger partial charge in [0.15, 0.2) is 0 Å². The summed E-state index contributed by atoms with van der Waals surface area (Å²) in [7, 11) is 0. The van der Waals surface area contributed by atoms with Crippen molar-refractivity contribution in [1.82, 2.24) is 0 Å². The van der Waals surface area contributed by atoms with Crippen LogP contribution in [-0.4, -0.2) is 17.6 Å². The summed E-state index contributed by atoms with van der Waals surface area (Å²) in [6.07, 6.45) is 0.323. The van der Waals surface area contributed by atoms with Crippen molar-refractivity contribution in [2.45, 2.75) is 13.3 Å². The Kier molecular flexibility index (Phi) is 5.14. The van der Waals surface area contributed by atoms with Crippen LogP contribution in [0.15, 0.2) is 48.5 Å². The van der Waals surface area contributed by atoms with Gasteiger partial charge in [0.1, 0.15) is 6.61 Å². The second-order valence-electron chi connectivity index (χ2n) is 4.72. The smallest absolute Gasteiger partial charge is 0.228 e. The summed E-state index contributed by atoms with van der Waals surface area (Å²) in [4.78, 5) is 12.1. The van der Waals surface area contributed by atoms with E-state index < -0.39 is 0 Å². The van der Waals surface area contributed by atoms with E-state index in [0.717, 1.165) is 11.1 Å². The Bertz CT molecular complexity index is 696. The fourth-order valence-corrected chi connectivity index (χ4v) is 2.04. The van der Waals surface area contributed by atoms with Gasteiger partial charge in [-0.05, 0) is 24.6 Å². The number of hydrogen-bond donors (Lipinski definition) is 2. The first kappa shape index (κ1) is 14.8. The Hall–Kier alpha value is -2.57. The van der Waals surface area contributed by atoms with Crippen LogP contribution in [0.5, 0.6) is 0 Å². The van der Waals surface area contributed by atoms with Gasteiger partial charge in [0.2, 0.25) is 5.91 Å². The Morgan fingerprint density at radius 3 is 2.76 bits per heavy atom. The molecule has 0 saturated carbocycles. The topological polar surface area (TPSA) is 49.3 Å². The number of benzene rings is 2. The summed E-state index contributed by atoms with van der Waals surface area (Å²) in [6.45, 7) is 1.80. The maximum absolute atomic E-state index is 12.1. The average molecular weight is 279 g/mol. The number of aliphatic hydroxyl groups is 1. The lowest BCUT2D eigenvalue weighted by atomic mass is 10.1. The van der Waals surface area contributed by atoms with Gasteiger partial charge in [-0.3, -0.25) is 4.79 Å². The molecule has 1 amide bonds. The molecule has 3 heteroatoms. The van der Waals surface area contributed by atoms with Gasteiger partial charge in [0, 0.05) is 5.56 Å². The van der Waals surface area contributed by atoms with Crippen LogP contribution in [0, 0.1) is 18.8 Å². The Morgan fingerprint density at radius 1 is 1.19 bits per heavy atom. The minimum absolute atomic E-state index is 0.0844. The van der Waals surface area contributed by atoms with Gasteiger partial charge in [-0.25, -0.2) is 0 Å². The molecule has 2 aromatic rings. The van der Waals surface area contributed by atoms with Crippen LogP contribution in [-0.2, 0) is 11.2 Å². The average Bonchev–Trinajstić information content (AvgIpc) is 2.46. The Labute approximate surface area is 124 Å². The molecular weight excluding hydrogens is 262 g/mol. The monoisotopic (exact) mass is 279 g/mol. The molecule has 0 aliphatic rings. The zero-order valence-electron chi connectivity index (χ0n) is 11.9. The van der Waals surface area contributed by atoms with Crippen molar-refractivity contribution in [3.63, 3.8) is 0 Å². The first-order valence-corrected chi connectivity index (χ1v) is 6.73. The lowest BCUT2D eigenvalue weighted by Gasteiger charge is -2.08. The van der Waals surface area contributed by atoms with Crippen molar-refractivity contribution in [3.05, 3.63) is 65.2 Å². The molecule has 0 unspecified atom stereocenters. The van der Waals surface area contributed by atoms with Crippen LogP contribution in [0.3, 0.4) is 0 Å². The third-order valence-electron chi connectivity index (χ3n) is 2.95. The van der Waals surface area contributed by atoms with Crippen LogP contribution in [0.4, 0.5) is 5.69 Å². The highest BCUT2D eigenvalue weighted by molar-refractivity contribution is 5.93. The molecule has 0 aromatic heterocycles. The lowest BCUT2D eigenvalue weighted by molar-refractivity contribution is -0.115. The molecule has 2 rings (SSSR count). The molecule has 0 bridgehead atoms. The van der Waals surface area contributed by atoms with Crippen molar-refractivity contribution in [3.8, 4) is 11.8 Å². The van der Waals surface area contributed by atoms with Gasteiger partial charge in [-0.15, -0.1) is 0 Å². The molecule has 106 valence electrons. The van der Waals surface area contributed by atoms with E-state index in [2.05, 4.69) is 17.2 Å². The summed E-state index contributed by atoms with van der Waals surface area (Å²) in [6, 6.07) is 15.2. The number of hydrogen-bond acceptors (Lipinski definition) is 2. The molecule has 2 N–H and O–H groups in total. The maximum Gasteiger partial charge on any atom is 0.228 e. The third-order valence-corrected chi connectivity index (χ3v) is 2.95. The summed E-state index contributed by atoms with van der Waals surface area (Å²) in [5.74, 6) is 5.33. The largest absolute Gasteiger partial charge is 0.384 e. The first-order chi connectivity index (χ1) is 10.2. The van der Waals surface area contributed by atoms with Gasteiger partial charge < -0.3 is 10.4 Å². The van der Waals surface area contributed by atoms with E-state index in [4.69, 9.17) is 5.11 Å². The highest BCUT2D eigenvalue weighted by Gasteiger charge is 2.06. The molecule has 0 aliphatic heterocycles. The van der Waals surface area contributed by atoms with Gasteiger partial charge >= 0.3 is 0 Å². The van der Waals surface area contributed by atoms with Crippen LogP contribution in [0.2, 0.25) is 0 Å². The van der Waals surface area contributed by atoms with Gasteiger partial charge in [-0.1, -0.05) is 53.8 Å². The van der Waals surface area contributed by atoms with Crippen molar-refractivity contribution < 1.29 is 9.90 Å². The molecule has 0 aliphatic carbocycles. The summed E-state index contributed by atoms with van der Waals surface area (Å²) in [5.41, 5.74) is 3.47. The number of anilines is 1. The lowest BCUT2D eigenvalue weighted by Crippen LogP contribution is -2.15. The van der Waals surface area contributed by atoms with Crippen molar-refractivity contribution >= 4 is 11.6 Å². The van der Waals surface area contributed by atoms with Crippen LogP contribution < -0.4 is 5.32 Å². The number of carbonyl (C=O) groups excluding carboxylic acids is 1. The van der Waals surface area contributed by atoms with E-state index in [1.54, 1.807) is 6.07 Å². The fraction of sp³-hybridized carbons (Fsp3) is 0.167. The predicted octanol–water partition coefficient (Wildman–Crippen LogP) is 2.52. The Morgan fingerprint density at radius 2 is 2.00 bits per heavy atom. The van der Waals surface area contributed by atoms with E-state index in [-0.39, 0.29) is 12.5 Å². The normalized spacial score (nSPS) is 9.62. The molecule has 0 saturated heterocycles. The number of nitrogens with one attached hydrogen (secondary N) is 1. The van der Waals surface area contributed by atoms with Crippen molar-refractivity contribution in [1.29, 1.82) is 0 Å². The maximum atomic E-state index is 12.1. The summed E-state index contributed by atoms with van der Waals surface area (Å²) < 4.78 is 0. The predicted molar refractivity (Wildman–Crippen MR) is 83.9 cm³/mol. The first-order valence-electron chi connectivity index (χ1n) is 6.73. The minimum atomic E-state index is -0.203. The number of carbonyl (C=O) groups is 1. The van der Waals surface area contributed by atoms with E-state index in [0.29, 0.717) is 17.7 Å². The van der Waals surface area contributed by atoms with E-state index in [9.17, 15) is 4.79 Å². The minimum Gasteiger partial charge on any atom is -0.384 e. The molecule has 0 radical (unpaired) electrons. The zero-order valence-corrected chi connectivity index (χ0v) is 11.9. The molecule has 0 atom stereocenters. The van der Waals surface area contributed by atoms with Crippen LogP contribution in [0.1, 0.15) is 16.7 Å². The quantitative estimate of drug-likeness (QED) is 0.848. The molecule has 0 heterocycles. The molecular formula is C18H17NO2. The SMILES string of the molecule is Cc1cccc(CC(=O)Nc2ccccc2C#CCO)c1. The standard InChI is InChI=1S/C18H17NO2/c1-14-6-4-7-15(12-14)13-18(21)19-17-10-3-2-8-16(17)9-5-11-20/h2-4,6-8,10,12,20H,11,13H2,1H3,(H,19,21). The second-order valence-corrected chi connectivity index (χ2v) is 4.72. The van der Waals surface area contributed by atoms with Gasteiger partial charge in [-0.2, -0.15) is 0 Å². The van der Waals surface area contributed by atoms with Crippen LogP contribution in [0.25, 0.3) is 0 Å². The highest BCUT2D eigenvalue weighted by atomic mass is 16.2. The fourth-order valence-electron chi connectivity index (χ4n) is 2.04. The highest BCUT2D eigenvalue weighted by Crippen LogP contribution is 2.14. The van der Waals surface area contributed by atoms with Crippen molar-refractivity contribution in [2.75, 3.05) is 11.9 Å². The van der Waals surface area contributed by atoms with Gasteiger partial charge in [0.25, 0.3) is 0 Å². The number of aliphatic hydroxyl groups excluding tert-OH is 1. The number of rotatable bonds is 3. The zero-order chi connectivity index (χ0) is 15.1. The number of para-hydroxylation sites is 1. The van der Waals surface area contributed by atoms with E-state index in [1.807, 2.05) is 49.4 Å². The molecule has 0 fully saturated rings. The van der Waals surface area contributed by atoms with Crippen LogP contribution >= 0.6 is 0 Å². The molecule has 2 aromatic carbocycles. The van der Waals surface area contributed by atoms with Crippen molar-refractivity contribution in [2.24, 2.45) is 0 Å². The summed E-state index contributed by atoms with van der Waals surface area (Å²) in [5, 5.41) is 11.6. The second kappa shape index (κ2) is 7.28. The van der Waals surface area contributed by atoms with E-state index >= 15 is 0 Å². The molecule has 0 spiro atoms. The summed E-state index contributed by atoms with van der Waals surface area (Å²) >= 11 is 0. The number of amides is 1. The number of aryl methyl sites for hydroxylation is 1. The molecule has 3 nitrogen and oxygen atoms in total. The third kappa shape index (κ3) is 4.48. The van der Waals surface area contributed by atoms with E-state index in [1.165, 1.54) is 0 Å². The molecule has 21 heavy (non-hydrogen) atoms. The van der Waals surface area contributed by atoms with Gasteiger partial charge in [0.05, 0.1) is 12.1 Å².